The lowest BCUT2D eigenvalue weighted by Crippen LogP contribution is -2.11. The minimum atomic E-state index is -4.38. The van der Waals surface area contributed by atoms with Crippen LogP contribution in [0.1, 0.15) is 142 Å². The molecular weight excluding hydrogens is 371 g/mol. The van der Waals surface area contributed by atoms with E-state index < -0.39 is 7.82 Å². The number of unbranched alkanes of at least 4 members (excludes halogenated alkanes) is 16. The first kappa shape index (κ1) is 28.1. The summed E-state index contributed by atoms with van der Waals surface area (Å²) in [7, 11) is -4.38. The highest BCUT2D eigenvalue weighted by Gasteiger charge is 2.21. The van der Waals surface area contributed by atoms with Gasteiger partial charge in [-0.1, -0.05) is 129 Å². The fraction of sp³-hybridized carbons (Fsp3) is 1.00. The van der Waals surface area contributed by atoms with E-state index in [1.807, 2.05) is 0 Å². The van der Waals surface area contributed by atoms with Crippen LogP contribution in [0.25, 0.3) is 0 Å². The Bertz CT molecular complexity index is 357. The Morgan fingerprint density at radius 1 is 0.571 bits per heavy atom. The largest absolute Gasteiger partial charge is 0.469 e. The Morgan fingerprint density at radius 3 is 1.14 bits per heavy atom. The molecule has 2 N–H and O–H groups in total. The van der Waals surface area contributed by atoms with Crippen molar-refractivity contribution in [3.63, 3.8) is 0 Å². The summed E-state index contributed by atoms with van der Waals surface area (Å²) in [5, 5.41) is 0. The van der Waals surface area contributed by atoms with Gasteiger partial charge < -0.3 is 9.79 Å². The Hall–Kier alpha value is 0.110. The van der Waals surface area contributed by atoms with Crippen LogP contribution in [0.3, 0.4) is 0 Å². The number of rotatable bonds is 22. The standard InChI is InChI=1S/C23H49O4P/c1-3-5-7-9-11-13-14-16-18-20-22-23(27-28(24,25)26)21-19-17-15-12-10-8-6-4-2/h23H,3-22H2,1-2H3,(H2,24,25,26). The van der Waals surface area contributed by atoms with E-state index in [9.17, 15) is 4.57 Å². The monoisotopic (exact) mass is 420 g/mol. The van der Waals surface area contributed by atoms with Crippen LogP contribution in [0.15, 0.2) is 0 Å². The Balaban J connectivity index is 3.72. The molecule has 28 heavy (non-hydrogen) atoms. The maximum Gasteiger partial charge on any atom is 0.469 e. The molecule has 0 aliphatic rings. The van der Waals surface area contributed by atoms with Crippen molar-refractivity contribution in [2.24, 2.45) is 0 Å². The number of phosphoric ester groups is 1. The molecule has 0 rings (SSSR count). The molecule has 4 nitrogen and oxygen atoms in total. The van der Waals surface area contributed by atoms with Crippen molar-refractivity contribution in [3.05, 3.63) is 0 Å². The summed E-state index contributed by atoms with van der Waals surface area (Å²) >= 11 is 0. The zero-order valence-electron chi connectivity index (χ0n) is 18.9. The van der Waals surface area contributed by atoms with Crippen LogP contribution in [0.2, 0.25) is 0 Å². The van der Waals surface area contributed by atoms with Crippen molar-refractivity contribution in [2.45, 2.75) is 148 Å². The zero-order chi connectivity index (χ0) is 20.9. The van der Waals surface area contributed by atoms with Gasteiger partial charge in [0.2, 0.25) is 0 Å². The summed E-state index contributed by atoms with van der Waals surface area (Å²) in [6.45, 7) is 4.48. The fourth-order valence-corrected chi connectivity index (χ4v) is 4.41. The van der Waals surface area contributed by atoms with E-state index >= 15 is 0 Å². The molecule has 0 saturated carbocycles. The van der Waals surface area contributed by atoms with Gasteiger partial charge in [0.25, 0.3) is 0 Å². The number of hydrogen-bond acceptors (Lipinski definition) is 2. The van der Waals surface area contributed by atoms with Crippen LogP contribution in [0, 0.1) is 0 Å². The van der Waals surface area contributed by atoms with Crippen LogP contribution in [-0.4, -0.2) is 15.9 Å². The summed E-state index contributed by atoms with van der Waals surface area (Å²) in [6, 6.07) is 0. The molecule has 0 radical (unpaired) electrons. The third kappa shape index (κ3) is 22.4. The van der Waals surface area contributed by atoms with E-state index in [1.165, 1.54) is 89.9 Å². The lowest BCUT2D eigenvalue weighted by Gasteiger charge is -2.18. The highest BCUT2D eigenvalue weighted by Crippen LogP contribution is 2.39. The molecule has 0 aromatic heterocycles. The quantitative estimate of drug-likeness (QED) is 0.136. The lowest BCUT2D eigenvalue weighted by atomic mass is 10.0. The minimum absolute atomic E-state index is 0.282. The van der Waals surface area contributed by atoms with Crippen molar-refractivity contribution in [2.75, 3.05) is 0 Å². The van der Waals surface area contributed by atoms with Gasteiger partial charge in [0.15, 0.2) is 0 Å². The molecule has 0 spiro atoms. The summed E-state index contributed by atoms with van der Waals surface area (Å²) in [5.41, 5.74) is 0. The Labute approximate surface area is 175 Å². The molecule has 0 aliphatic carbocycles. The Morgan fingerprint density at radius 2 is 0.857 bits per heavy atom. The van der Waals surface area contributed by atoms with E-state index in [1.54, 1.807) is 0 Å². The smallest absolute Gasteiger partial charge is 0.303 e. The van der Waals surface area contributed by atoms with Gasteiger partial charge in [0, 0.05) is 0 Å². The van der Waals surface area contributed by atoms with E-state index in [0.717, 1.165) is 38.5 Å². The fourth-order valence-electron chi connectivity index (χ4n) is 3.81. The molecule has 1 unspecified atom stereocenters. The highest BCUT2D eigenvalue weighted by atomic mass is 31.2. The first-order chi connectivity index (χ1) is 13.5. The maximum atomic E-state index is 11.2. The van der Waals surface area contributed by atoms with Crippen molar-refractivity contribution < 1.29 is 18.9 Å². The first-order valence-corrected chi connectivity index (χ1v) is 13.8. The van der Waals surface area contributed by atoms with Crippen LogP contribution in [0.5, 0.6) is 0 Å². The summed E-state index contributed by atoms with van der Waals surface area (Å²) in [6.07, 6.45) is 23.9. The summed E-state index contributed by atoms with van der Waals surface area (Å²) < 4.78 is 16.3. The minimum Gasteiger partial charge on any atom is -0.303 e. The van der Waals surface area contributed by atoms with Crippen LogP contribution in [0.4, 0.5) is 0 Å². The summed E-state index contributed by atoms with van der Waals surface area (Å²) in [5.74, 6) is 0. The molecule has 0 saturated heterocycles. The molecule has 0 aromatic rings. The molecule has 0 aliphatic heterocycles. The molecule has 0 amide bonds. The van der Waals surface area contributed by atoms with Gasteiger partial charge in [0.05, 0.1) is 6.10 Å². The third-order valence-electron chi connectivity index (χ3n) is 5.55. The zero-order valence-corrected chi connectivity index (χ0v) is 19.8. The van der Waals surface area contributed by atoms with Crippen molar-refractivity contribution in [1.29, 1.82) is 0 Å². The normalized spacial score (nSPS) is 13.1. The van der Waals surface area contributed by atoms with Gasteiger partial charge in [-0.05, 0) is 12.8 Å². The van der Waals surface area contributed by atoms with Crippen LogP contribution >= 0.6 is 7.82 Å². The molecule has 170 valence electrons. The van der Waals surface area contributed by atoms with Gasteiger partial charge >= 0.3 is 7.82 Å². The van der Waals surface area contributed by atoms with Crippen molar-refractivity contribution in [3.8, 4) is 0 Å². The maximum absolute atomic E-state index is 11.2. The van der Waals surface area contributed by atoms with E-state index in [4.69, 9.17) is 14.3 Å². The average molecular weight is 421 g/mol. The lowest BCUT2D eigenvalue weighted by molar-refractivity contribution is 0.115. The SMILES string of the molecule is CCCCCCCCCCCCC(CCCCCCCCCC)OP(=O)(O)O. The van der Waals surface area contributed by atoms with E-state index in [0.29, 0.717) is 0 Å². The van der Waals surface area contributed by atoms with Crippen molar-refractivity contribution in [1.82, 2.24) is 0 Å². The summed E-state index contributed by atoms with van der Waals surface area (Å²) in [4.78, 5) is 18.3. The van der Waals surface area contributed by atoms with Gasteiger partial charge in [-0.3, -0.25) is 4.52 Å². The molecule has 1 atom stereocenters. The average Bonchev–Trinajstić information content (AvgIpc) is 2.64. The molecular formula is C23H49O4P. The van der Waals surface area contributed by atoms with E-state index in [2.05, 4.69) is 13.8 Å². The predicted octanol–water partition coefficient (Wildman–Crippen LogP) is 8.31. The number of hydrogen-bond donors (Lipinski definition) is 2. The van der Waals surface area contributed by atoms with Crippen LogP contribution < -0.4 is 0 Å². The second-order valence-electron chi connectivity index (χ2n) is 8.45. The van der Waals surface area contributed by atoms with Crippen molar-refractivity contribution >= 4 is 7.82 Å². The first-order valence-electron chi connectivity index (χ1n) is 12.2. The highest BCUT2D eigenvalue weighted by molar-refractivity contribution is 7.46. The van der Waals surface area contributed by atoms with E-state index in [-0.39, 0.29) is 6.10 Å². The molecule has 0 bridgehead atoms. The molecule has 0 heterocycles. The third-order valence-corrected chi connectivity index (χ3v) is 6.12. The second kappa shape index (κ2) is 20.4. The topological polar surface area (TPSA) is 66.8 Å². The molecule has 5 heteroatoms. The van der Waals surface area contributed by atoms with Gasteiger partial charge in [-0.25, -0.2) is 4.57 Å². The van der Waals surface area contributed by atoms with Gasteiger partial charge in [-0.2, -0.15) is 0 Å². The molecule has 0 aromatic carbocycles. The second-order valence-corrected chi connectivity index (χ2v) is 9.64. The molecule has 0 fully saturated rings. The van der Waals surface area contributed by atoms with Gasteiger partial charge in [0.1, 0.15) is 0 Å². The Kier molecular flexibility index (Phi) is 20.5. The van der Waals surface area contributed by atoms with Crippen LogP contribution in [-0.2, 0) is 9.09 Å². The predicted molar refractivity (Wildman–Crippen MR) is 121 cm³/mol. The number of phosphoric acid groups is 1. The van der Waals surface area contributed by atoms with Gasteiger partial charge in [-0.15, -0.1) is 0 Å².